The summed E-state index contributed by atoms with van der Waals surface area (Å²) in [5.41, 5.74) is 8.14. The van der Waals surface area contributed by atoms with Gasteiger partial charge in [-0.3, -0.25) is 4.79 Å². The summed E-state index contributed by atoms with van der Waals surface area (Å²) >= 11 is 13.4. The number of carboxylic acid groups (broad SMARTS) is 1. The number of anilines is 1. The standard InChI is InChI=1S/C40H36Cl2N4O4/c1-21-17-27(18-22(2)36(21)42)50-16-8-12-28-29-14-15-31(41)35(33-24(4)43-20-44-25(33)5)37(29)46-23(3)19-45(39(47)38(28)46)32-13-7-10-26-9-6-11-30(34(26)32)40(48)49/h6-7,9-11,13-15,17-18,20,23H,8,12,16,19H2,1-5H3,(H,48,49)/t23-/m1/s1. The normalized spacial score (nSPS) is 14.4. The van der Waals surface area contributed by atoms with Crippen molar-refractivity contribution >= 4 is 62.4 Å². The minimum absolute atomic E-state index is 0.152. The lowest BCUT2D eigenvalue weighted by molar-refractivity contribution is 0.0698. The van der Waals surface area contributed by atoms with Crippen LogP contribution in [0.1, 0.15) is 68.3 Å². The zero-order chi connectivity index (χ0) is 35.4. The molecule has 1 aliphatic heterocycles. The van der Waals surface area contributed by atoms with Crippen molar-refractivity contribution in [3.8, 4) is 16.9 Å². The van der Waals surface area contributed by atoms with Crippen LogP contribution >= 0.6 is 23.2 Å². The van der Waals surface area contributed by atoms with Gasteiger partial charge in [-0.15, -0.1) is 0 Å². The Labute approximate surface area is 300 Å². The van der Waals surface area contributed by atoms with Gasteiger partial charge in [0.2, 0.25) is 0 Å². The number of aryl methyl sites for hydroxylation is 5. The molecule has 0 fully saturated rings. The lowest BCUT2D eigenvalue weighted by Gasteiger charge is -2.35. The molecular weight excluding hydrogens is 671 g/mol. The molecule has 2 aromatic heterocycles. The van der Waals surface area contributed by atoms with Crippen molar-refractivity contribution in [1.82, 2.24) is 14.5 Å². The second-order valence-electron chi connectivity index (χ2n) is 13.0. The molecule has 10 heteroatoms. The molecule has 50 heavy (non-hydrogen) atoms. The number of carboxylic acids is 1. The molecule has 0 radical (unpaired) electrons. The van der Waals surface area contributed by atoms with Gasteiger partial charge in [0.15, 0.2) is 0 Å². The van der Waals surface area contributed by atoms with Crippen LogP contribution in [-0.4, -0.2) is 44.7 Å². The van der Waals surface area contributed by atoms with Crippen LogP contribution in [0, 0.1) is 27.7 Å². The van der Waals surface area contributed by atoms with Crippen LogP contribution in [0.5, 0.6) is 5.75 Å². The fraction of sp³-hybridized carbons (Fsp3) is 0.250. The third-order valence-electron chi connectivity index (χ3n) is 9.69. The van der Waals surface area contributed by atoms with Gasteiger partial charge in [-0.2, -0.15) is 0 Å². The van der Waals surface area contributed by atoms with Crippen molar-refractivity contribution in [2.75, 3.05) is 18.1 Å². The van der Waals surface area contributed by atoms with E-state index in [1.807, 2.05) is 76.2 Å². The Bertz CT molecular complexity index is 2320. The predicted molar refractivity (Wildman–Crippen MR) is 199 cm³/mol. The fourth-order valence-electron chi connectivity index (χ4n) is 7.48. The van der Waals surface area contributed by atoms with Crippen LogP contribution in [0.3, 0.4) is 0 Å². The topological polar surface area (TPSA) is 97.6 Å². The van der Waals surface area contributed by atoms with E-state index in [0.29, 0.717) is 47.8 Å². The average Bonchev–Trinajstić information content (AvgIpc) is 3.42. The first-order valence-corrected chi connectivity index (χ1v) is 17.3. The van der Waals surface area contributed by atoms with Crippen molar-refractivity contribution < 1.29 is 19.4 Å². The number of aromatic carboxylic acids is 1. The average molecular weight is 708 g/mol. The highest BCUT2D eigenvalue weighted by Gasteiger charge is 2.37. The summed E-state index contributed by atoms with van der Waals surface area (Å²) in [6.07, 6.45) is 2.73. The number of halogens is 2. The van der Waals surface area contributed by atoms with Crippen LogP contribution in [0.15, 0.2) is 67.0 Å². The molecule has 254 valence electrons. The van der Waals surface area contributed by atoms with Crippen molar-refractivity contribution in [3.05, 3.63) is 116 Å². The van der Waals surface area contributed by atoms with Crippen molar-refractivity contribution in [2.24, 2.45) is 0 Å². The van der Waals surface area contributed by atoms with Crippen LogP contribution < -0.4 is 9.64 Å². The quantitative estimate of drug-likeness (QED) is 0.158. The second kappa shape index (κ2) is 13.1. The predicted octanol–water partition coefficient (Wildman–Crippen LogP) is 9.72. The zero-order valence-electron chi connectivity index (χ0n) is 28.5. The lowest BCUT2D eigenvalue weighted by atomic mass is 9.97. The number of fused-ring (bicyclic) bond motifs is 4. The number of ether oxygens (including phenoxy) is 1. The molecule has 7 rings (SSSR count). The van der Waals surface area contributed by atoms with Crippen LogP contribution in [0.2, 0.25) is 10.0 Å². The summed E-state index contributed by atoms with van der Waals surface area (Å²) in [5.74, 6) is -0.499. The van der Waals surface area contributed by atoms with Gasteiger partial charge >= 0.3 is 5.97 Å². The molecule has 3 heterocycles. The van der Waals surface area contributed by atoms with Crippen molar-refractivity contribution in [1.29, 1.82) is 0 Å². The molecule has 6 aromatic rings. The number of benzene rings is 4. The molecule has 0 saturated heterocycles. The number of aromatic nitrogens is 3. The monoisotopic (exact) mass is 706 g/mol. The summed E-state index contributed by atoms with van der Waals surface area (Å²) in [5, 5.41) is 13.6. The van der Waals surface area contributed by atoms with E-state index in [4.69, 9.17) is 27.9 Å². The third-order valence-corrected chi connectivity index (χ3v) is 10.6. The zero-order valence-corrected chi connectivity index (χ0v) is 30.0. The molecule has 0 spiro atoms. The largest absolute Gasteiger partial charge is 0.494 e. The minimum atomic E-state index is -1.04. The highest BCUT2D eigenvalue weighted by atomic mass is 35.5. The van der Waals surface area contributed by atoms with Crippen LogP contribution in [-0.2, 0) is 6.42 Å². The Kier molecular flexibility index (Phi) is 8.78. The Morgan fingerprint density at radius 2 is 1.64 bits per heavy atom. The Morgan fingerprint density at radius 1 is 0.960 bits per heavy atom. The molecule has 0 saturated carbocycles. The van der Waals surface area contributed by atoms with Gasteiger partial charge in [-0.1, -0.05) is 53.5 Å². The van der Waals surface area contributed by atoms with Crippen LogP contribution in [0.4, 0.5) is 5.69 Å². The van der Waals surface area contributed by atoms with E-state index in [2.05, 4.69) is 21.5 Å². The maximum Gasteiger partial charge on any atom is 0.336 e. The Balaban J connectivity index is 1.39. The molecule has 0 unspecified atom stereocenters. The third kappa shape index (κ3) is 5.56. The van der Waals surface area contributed by atoms with Gasteiger partial charge in [0.05, 0.1) is 28.4 Å². The lowest BCUT2D eigenvalue weighted by Crippen LogP contribution is -2.43. The number of hydrogen-bond acceptors (Lipinski definition) is 5. The Morgan fingerprint density at radius 3 is 2.32 bits per heavy atom. The fourth-order valence-corrected chi connectivity index (χ4v) is 7.84. The highest BCUT2D eigenvalue weighted by molar-refractivity contribution is 6.35. The highest BCUT2D eigenvalue weighted by Crippen LogP contribution is 2.45. The van der Waals surface area contributed by atoms with Gasteiger partial charge in [0.25, 0.3) is 5.91 Å². The Hall–Kier alpha value is -4.92. The smallest absolute Gasteiger partial charge is 0.336 e. The van der Waals surface area contributed by atoms with E-state index in [0.717, 1.165) is 66.3 Å². The number of nitrogens with zero attached hydrogens (tertiary/aromatic N) is 4. The van der Waals surface area contributed by atoms with Gasteiger partial charge in [-0.05, 0) is 99.9 Å². The number of carbonyl (C=O) groups excluding carboxylic acids is 1. The molecule has 1 atom stereocenters. The SMILES string of the molecule is Cc1cc(OCCCc2c3n(c4c(-c5c(C)ncnc5C)c(Cl)ccc24)[C@H](C)CN(c2cccc4cccc(C(=O)O)c24)C3=O)cc(C)c1Cl. The van der Waals surface area contributed by atoms with E-state index in [1.165, 1.54) is 0 Å². The van der Waals surface area contributed by atoms with E-state index in [-0.39, 0.29) is 17.5 Å². The van der Waals surface area contributed by atoms with E-state index in [1.54, 1.807) is 23.4 Å². The maximum absolute atomic E-state index is 15.0. The van der Waals surface area contributed by atoms with E-state index < -0.39 is 5.97 Å². The van der Waals surface area contributed by atoms with Crippen LogP contribution in [0.25, 0.3) is 32.8 Å². The van der Waals surface area contributed by atoms with Crippen molar-refractivity contribution in [2.45, 2.75) is 53.5 Å². The van der Waals surface area contributed by atoms with Crippen molar-refractivity contribution in [3.63, 3.8) is 0 Å². The summed E-state index contributed by atoms with van der Waals surface area (Å²) in [6, 6.07) is 18.3. The number of rotatable bonds is 8. The van der Waals surface area contributed by atoms with E-state index in [9.17, 15) is 14.7 Å². The molecule has 1 aliphatic rings. The molecule has 4 aromatic carbocycles. The first-order chi connectivity index (χ1) is 24.0. The summed E-state index contributed by atoms with van der Waals surface area (Å²) in [7, 11) is 0. The van der Waals surface area contributed by atoms with Gasteiger partial charge in [0, 0.05) is 50.9 Å². The molecule has 1 N–H and O–H groups in total. The number of amides is 1. The van der Waals surface area contributed by atoms with Gasteiger partial charge < -0.3 is 19.3 Å². The summed E-state index contributed by atoms with van der Waals surface area (Å²) < 4.78 is 8.31. The van der Waals surface area contributed by atoms with E-state index >= 15 is 0 Å². The first-order valence-electron chi connectivity index (χ1n) is 16.6. The molecule has 8 nitrogen and oxygen atoms in total. The van der Waals surface area contributed by atoms with Gasteiger partial charge in [0.1, 0.15) is 17.8 Å². The second-order valence-corrected chi connectivity index (χ2v) is 13.8. The first kappa shape index (κ1) is 33.6. The summed E-state index contributed by atoms with van der Waals surface area (Å²) in [4.78, 5) is 38.1. The molecule has 1 amide bonds. The maximum atomic E-state index is 15.0. The number of carbonyl (C=O) groups is 2. The minimum Gasteiger partial charge on any atom is -0.494 e. The molecule has 0 bridgehead atoms. The molecule has 0 aliphatic carbocycles. The summed E-state index contributed by atoms with van der Waals surface area (Å²) in [6.45, 7) is 10.6. The molecular formula is C40H36Cl2N4O4. The number of hydrogen-bond donors (Lipinski definition) is 1. The van der Waals surface area contributed by atoms with Gasteiger partial charge in [-0.25, -0.2) is 14.8 Å².